The van der Waals surface area contributed by atoms with Gasteiger partial charge < -0.3 is 11.1 Å². The van der Waals surface area contributed by atoms with Crippen LogP contribution >= 0.6 is 24.8 Å². The molecule has 4 nitrogen and oxygen atoms in total. The van der Waals surface area contributed by atoms with Crippen LogP contribution in [0.5, 0.6) is 0 Å². The number of hydrogen-bond donors (Lipinski definition) is 2. The molecule has 7 heteroatoms. The molecule has 0 bridgehead atoms. The molecule has 0 radical (unpaired) electrons. The van der Waals surface area contributed by atoms with Crippen molar-refractivity contribution in [1.82, 2.24) is 10.3 Å². The van der Waals surface area contributed by atoms with Crippen molar-refractivity contribution < 1.29 is 9.18 Å². The lowest BCUT2D eigenvalue weighted by atomic mass is 9.92. The number of aryl methyl sites for hydroxylation is 1. The maximum Gasteiger partial charge on any atom is 0.253 e. The zero-order valence-corrected chi connectivity index (χ0v) is 15.7. The number of amides is 1. The Labute approximate surface area is 154 Å². The number of halogens is 3. The first-order chi connectivity index (χ1) is 10.4. The van der Waals surface area contributed by atoms with Gasteiger partial charge in [0.05, 0.1) is 22.3 Å². The van der Waals surface area contributed by atoms with Gasteiger partial charge in [0.2, 0.25) is 0 Å². The van der Waals surface area contributed by atoms with Crippen LogP contribution in [0.2, 0.25) is 0 Å². The Balaban J connectivity index is 0.00000264. The zero-order chi connectivity index (χ0) is 16.3. The Morgan fingerprint density at radius 2 is 1.88 bits per heavy atom. The van der Waals surface area contributed by atoms with Gasteiger partial charge in [0.25, 0.3) is 5.91 Å². The zero-order valence-electron chi connectivity index (χ0n) is 14.1. The minimum absolute atomic E-state index is 0. The second-order valence-corrected chi connectivity index (χ2v) is 5.60. The van der Waals surface area contributed by atoms with Gasteiger partial charge in [0, 0.05) is 18.0 Å². The van der Waals surface area contributed by atoms with Crippen LogP contribution in [-0.2, 0) is 0 Å². The quantitative estimate of drug-likeness (QED) is 0.835. The van der Waals surface area contributed by atoms with Gasteiger partial charge in [0.15, 0.2) is 0 Å². The summed E-state index contributed by atoms with van der Waals surface area (Å²) in [4.78, 5) is 16.9. The number of fused-ring (bicyclic) bond motifs is 1. The molecule has 0 aliphatic carbocycles. The second kappa shape index (κ2) is 9.16. The van der Waals surface area contributed by atoms with Crippen LogP contribution in [0.3, 0.4) is 0 Å². The fourth-order valence-corrected chi connectivity index (χ4v) is 2.54. The largest absolute Gasteiger partial charge is 0.345 e. The molecule has 0 spiro atoms. The highest BCUT2D eigenvalue weighted by atomic mass is 35.5. The van der Waals surface area contributed by atoms with Crippen molar-refractivity contribution in [2.75, 3.05) is 6.54 Å². The second-order valence-electron chi connectivity index (χ2n) is 5.60. The molecule has 3 N–H and O–H groups in total. The third-order valence-corrected chi connectivity index (χ3v) is 4.34. The molecule has 0 aliphatic heterocycles. The number of carbonyl (C=O) groups is 1. The van der Waals surface area contributed by atoms with Gasteiger partial charge in [-0.3, -0.25) is 9.78 Å². The predicted molar refractivity (Wildman–Crippen MR) is 101 cm³/mol. The Bertz CT molecular complexity index is 697. The van der Waals surface area contributed by atoms with Crippen LogP contribution in [0.25, 0.3) is 10.9 Å². The lowest BCUT2D eigenvalue weighted by Crippen LogP contribution is -2.53. The summed E-state index contributed by atoms with van der Waals surface area (Å²) in [5, 5.41) is 3.77. The lowest BCUT2D eigenvalue weighted by Gasteiger charge is -2.31. The Morgan fingerprint density at radius 3 is 2.42 bits per heavy atom. The number of nitrogens with two attached hydrogens (primary N) is 1. The van der Waals surface area contributed by atoms with E-state index in [1.807, 2.05) is 13.8 Å². The SMILES string of the molecule is CCC(CC)(CN)NC(=O)c1cc2ccc(F)cc2nc1C.Cl.Cl. The number of nitrogens with one attached hydrogen (secondary N) is 1. The van der Waals surface area contributed by atoms with Gasteiger partial charge >= 0.3 is 0 Å². The molecule has 0 saturated heterocycles. The smallest absolute Gasteiger partial charge is 0.253 e. The van der Waals surface area contributed by atoms with Crippen molar-refractivity contribution >= 4 is 41.6 Å². The normalized spacial score (nSPS) is 10.7. The predicted octanol–water partition coefficient (Wildman–Crippen LogP) is 3.77. The van der Waals surface area contributed by atoms with E-state index in [-0.39, 0.29) is 36.5 Å². The van der Waals surface area contributed by atoms with Crippen LogP contribution < -0.4 is 11.1 Å². The number of nitrogens with zero attached hydrogens (tertiary/aromatic N) is 1. The molecule has 0 fully saturated rings. The highest BCUT2D eigenvalue weighted by Crippen LogP contribution is 2.20. The number of benzene rings is 1. The van der Waals surface area contributed by atoms with Crippen LogP contribution in [0.1, 0.15) is 42.7 Å². The van der Waals surface area contributed by atoms with Crippen molar-refractivity contribution in [3.05, 3.63) is 41.3 Å². The first-order valence-electron chi connectivity index (χ1n) is 7.54. The molecule has 1 amide bonds. The summed E-state index contributed by atoms with van der Waals surface area (Å²) in [5.74, 6) is -0.527. The van der Waals surface area contributed by atoms with Crippen molar-refractivity contribution in [3.63, 3.8) is 0 Å². The van der Waals surface area contributed by atoms with E-state index in [0.29, 0.717) is 23.3 Å². The maximum atomic E-state index is 13.3. The summed E-state index contributed by atoms with van der Waals surface area (Å²) in [6.07, 6.45) is 1.52. The Hall–Kier alpha value is -1.43. The van der Waals surface area contributed by atoms with Gasteiger partial charge in [-0.15, -0.1) is 24.8 Å². The number of hydrogen-bond acceptors (Lipinski definition) is 3. The lowest BCUT2D eigenvalue weighted by molar-refractivity contribution is 0.0894. The van der Waals surface area contributed by atoms with Gasteiger partial charge in [-0.05, 0) is 38.0 Å². The topological polar surface area (TPSA) is 68.0 Å². The highest BCUT2D eigenvalue weighted by molar-refractivity contribution is 5.99. The van der Waals surface area contributed by atoms with E-state index in [4.69, 9.17) is 5.73 Å². The monoisotopic (exact) mass is 375 g/mol. The molecule has 0 unspecified atom stereocenters. The fraction of sp³-hybridized carbons (Fsp3) is 0.412. The number of rotatable bonds is 5. The van der Waals surface area contributed by atoms with E-state index in [0.717, 1.165) is 18.2 Å². The number of pyridine rings is 1. The summed E-state index contributed by atoms with van der Waals surface area (Å²) in [5.41, 5.74) is 7.05. The molecule has 2 rings (SSSR count). The standard InChI is InChI=1S/C17H22FN3O.2ClH/c1-4-17(5-2,10-19)21-16(22)14-8-12-6-7-13(18)9-15(12)20-11(14)3;;/h6-9H,4-5,10,19H2,1-3H3,(H,21,22);2*1H. The molecule has 0 saturated carbocycles. The third-order valence-electron chi connectivity index (χ3n) is 4.34. The third kappa shape index (κ3) is 4.56. The van der Waals surface area contributed by atoms with Crippen LogP contribution in [-0.4, -0.2) is 23.0 Å². The minimum atomic E-state index is -0.402. The van der Waals surface area contributed by atoms with Crippen molar-refractivity contribution in [3.8, 4) is 0 Å². The maximum absolute atomic E-state index is 13.3. The Kier molecular flexibility index (Phi) is 8.61. The van der Waals surface area contributed by atoms with Crippen LogP contribution in [0.15, 0.2) is 24.3 Å². The molecule has 1 aromatic carbocycles. The van der Waals surface area contributed by atoms with Gasteiger partial charge in [-0.25, -0.2) is 4.39 Å². The summed E-state index contributed by atoms with van der Waals surface area (Å²) in [7, 11) is 0. The molecule has 134 valence electrons. The summed E-state index contributed by atoms with van der Waals surface area (Å²) in [6, 6.07) is 6.11. The minimum Gasteiger partial charge on any atom is -0.345 e. The molecule has 1 heterocycles. The highest BCUT2D eigenvalue weighted by Gasteiger charge is 2.27. The molecular weight excluding hydrogens is 352 g/mol. The van der Waals surface area contributed by atoms with E-state index in [1.165, 1.54) is 12.1 Å². The first kappa shape index (κ1) is 22.6. The fourth-order valence-electron chi connectivity index (χ4n) is 2.54. The molecule has 0 aliphatic rings. The summed E-state index contributed by atoms with van der Waals surface area (Å²) < 4.78 is 13.3. The molecule has 0 atom stereocenters. The average Bonchev–Trinajstić information content (AvgIpc) is 2.51. The van der Waals surface area contributed by atoms with Gasteiger partial charge in [-0.1, -0.05) is 13.8 Å². The van der Waals surface area contributed by atoms with Gasteiger partial charge in [-0.2, -0.15) is 0 Å². The van der Waals surface area contributed by atoms with Gasteiger partial charge in [0.1, 0.15) is 5.82 Å². The van der Waals surface area contributed by atoms with E-state index >= 15 is 0 Å². The first-order valence-corrected chi connectivity index (χ1v) is 7.54. The van der Waals surface area contributed by atoms with E-state index in [1.54, 1.807) is 19.1 Å². The summed E-state index contributed by atoms with van der Waals surface area (Å²) >= 11 is 0. The summed E-state index contributed by atoms with van der Waals surface area (Å²) in [6.45, 7) is 6.15. The van der Waals surface area contributed by atoms with Crippen molar-refractivity contribution in [2.24, 2.45) is 5.73 Å². The Morgan fingerprint density at radius 1 is 1.25 bits per heavy atom. The molecule has 24 heavy (non-hydrogen) atoms. The van der Waals surface area contributed by atoms with E-state index < -0.39 is 5.54 Å². The van der Waals surface area contributed by atoms with E-state index in [9.17, 15) is 9.18 Å². The van der Waals surface area contributed by atoms with E-state index in [2.05, 4.69) is 10.3 Å². The van der Waals surface area contributed by atoms with Crippen LogP contribution in [0.4, 0.5) is 4.39 Å². The number of aromatic nitrogens is 1. The van der Waals surface area contributed by atoms with Crippen molar-refractivity contribution in [2.45, 2.75) is 39.2 Å². The van der Waals surface area contributed by atoms with Crippen molar-refractivity contribution in [1.29, 1.82) is 0 Å². The molecular formula is C17H24Cl2FN3O. The van der Waals surface area contributed by atoms with Crippen LogP contribution in [0, 0.1) is 12.7 Å². The number of carbonyl (C=O) groups excluding carboxylic acids is 1. The molecule has 2 aromatic rings. The molecule has 1 aromatic heterocycles. The average molecular weight is 376 g/mol.